The van der Waals surface area contributed by atoms with Crippen molar-refractivity contribution in [1.29, 1.82) is 0 Å². The van der Waals surface area contributed by atoms with Crippen LogP contribution in [0, 0.1) is 0 Å². The Morgan fingerprint density at radius 1 is 1.50 bits per heavy atom. The van der Waals surface area contributed by atoms with E-state index < -0.39 is 6.36 Å². The number of nitrogens with zero attached hydrogens (tertiary/aromatic N) is 1. The minimum Gasteiger partial charge on any atom is -0.406 e. The first-order valence-electron chi connectivity index (χ1n) is 5.95. The third-order valence-corrected chi connectivity index (χ3v) is 3.28. The summed E-state index contributed by atoms with van der Waals surface area (Å²) in [6.45, 7) is 1.69. The molecule has 0 fully saturated rings. The molecular weight excluding hydrogens is 343 g/mol. The van der Waals surface area contributed by atoms with Crippen molar-refractivity contribution in [2.45, 2.75) is 25.7 Å². The quantitative estimate of drug-likeness (QED) is 0.882. The van der Waals surface area contributed by atoms with Gasteiger partial charge in [-0.25, -0.2) is 4.98 Å². The van der Waals surface area contributed by atoms with E-state index in [9.17, 15) is 18.0 Å². The Kier molecular flexibility index (Phi) is 5.98. The lowest BCUT2D eigenvalue weighted by Crippen LogP contribution is -2.23. The maximum absolute atomic E-state index is 12.1. The van der Waals surface area contributed by atoms with Crippen molar-refractivity contribution in [2.24, 2.45) is 5.73 Å². The van der Waals surface area contributed by atoms with Crippen LogP contribution in [-0.2, 0) is 4.79 Å². The molecule has 1 atom stereocenters. The summed E-state index contributed by atoms with van der Waals surface area (Å²) >= 11 is 1.06. The molecule has 0 bridgehead atoms. The third kappa shape index (κ3) is 5.32. The monoisotopic (exact) mass is 355 g/mol. The molecule has 0 aliphatic rings. The van der Waals surface area contributed by atoms with Gasteiger partial charge in [-0.15, -0.1) is 25.6 Å². The van der Waals surface area contributed by atoms with Crippen LogP contribution in [0.2, 0.25) is 0 Å². The second kappa shape index (κ2) is 7.12. The number of carbonyl (C=O) groups is 1. The topological polar surface area (TPSA) is 77.2 Å². The summed E-state index contributed by atoms with van der Waals surface area (Å²) in [4.78, 5) is 15.7. The molecule has 10 heteroatoms. The van der Waals surface area contributed by atoms with Gasteiger partial charge in [0, 0.05) is 18.5 Å². The number of hydrogen-bond donors (Lipinski definition) is 2. The van der Waals surface area contributed by atoms with Gasteiger partial charge in [0.1, 0.15) is 5.75 Å². The number of thiazole rings is 1. The molecule has 122 valence electrons. The van der Waals surface area contributed by atoms with Gasteiger partial charge < -0.3 is 15.8 Å². The Balaban J connectivity index is 0.00000242. The van der Waals surface area contributed by atoms with E-state index in [2.05, 4.69) is 15.0 Å². The van der Waals surface area contributed by atoms with Gasteiger partial charge in [-0.2, -0.15) is 0 Å². The van der Waals surface area contributed by atoms with Crippen molar-refractivity contribution in [3.63, 3.8) is 0 Å². The summed E-state index contributed by atoms with van der Waals surface area (Å²) in [6.07, 6.45) is -4.61. The van der Waals surface area contributed by atoms with E-state index in [1.165, 1.54) is 18.2 Å². The predicted octanol–water partition coefficient (Wildman–Crippen LogP) is 3.29. The minimum atomic E-state index is -4.74. The Bertz CT molecular complexity index is 661. The van der Waals surface area contributed by atoms with Crippen LogP contribution in [0.1, 0.15) is 13.3 Å². The summed E-state index contributed by atoms with van der Waals surface area (Å²) in [5.74, 6) is -0.622. The molecule has 2 aromatic rings. The number of nitrogens with one attached hydrogen (secondary N) is 1. The van der Waals surface area contributed by atoms with Gasteiger partial charge in [0.2, 0.25) is 5.91 Å². The fraction of sp³-hybridized carbons (Fsp3) is 0.333. The van der Waals surface area contributed by atoms with Crippen LogP contribution in [-0.4, -0.2) is 23.3 Å². The first-order chi connectivity index (χ1) is 9.73. The molecule has 3 N–H and O–H groups in total. The molecule has 0 saturated carbocycles. The molecule has 1 heterocycles. The number of anilines is 1. The maximum atomic E-state index is 12.1. The molecule has 0 radical (unpaired) electrons. The zero-order valence-corrected chi connectivity index (χ0v) is 12.9. The van der Waals surface area contributed by atoms with E-state index in [1.807, 2.05) is 0 Å². The molecule has 0 aliphatic carbocycles. The SMILES string of the molecule is CC(N)CC(=O)Nc1nc2ccc(OC(F)(F)F)cc2s1.Cl. The normalized spacial score (nSPS) is 12.6. The van der Waals surface area contributed by atoms with Gasteiger partial charge in [0.15, 0.2) is 5.13 Å². The lowest BCUT2D eigenvalue weighted by atomic mass is 10.2. The number of amides is 1. The number of carbonyl (C=O) groups excluding carboxylic acids is 1. The zero-order valence-electron chi connectivity index (χ0n) is 11.3. The summed E-state index contributed by atoms with van der Waals surface area (Å²) in [5.41, 5.74) is 5.98. The Morgan fingerprint density at radius 3 is 2.77 bits per heavy atom. The standard InChI is InChI=1S/C12H12F3N3O2S.ClH/c1-6(16)4-10(19)18-11-17-8-3-2-7(5-9(8)21-11)20-12(13,14)15;/h2-3,5-6H,4,16H2,1H3,(H,17,18,19);1H. The van der Waals surface area contributed by atoms with E-state index in [0.29, 0.717) is 15.3 Å². The van der Waals surface area contributed by atoms with Crippen molar-refractivity contribution in [1.82, 2.24) is 4.98 Å². The average molecular weight is 356 g/mol. The molecule has 1 aromatic heterocycles. The van der Waals surface area contributed by atoms with Gasteiger partial charge in [-0.1, -0.05) is 11.3 Å². The number of fused-ring (bicyclic) bond motifs is 1. The van der Waals surface area contributed by atoms with E-state index in [1.54, 1.807) is 6.92 Å². The van der Waals surface area contributed by atoms with Crippen LogP contribution < -0.4 is 15.8 Å². The first-order valence-corrected chi connectivity index (χ1v) is 6.76. The molecule has 22 heavy (non-hydrogen) atoms. The molecule has 1 aromatic carbocycles. The predicted molar refractivity (Wildman–Crippen MR) is 80.4 cm³/mol. The number of hydrogen-bond acceptors (Lipinski definition) is 5. The van der Waals surface area contributed by atoms with Crippen molar-refractivity contribution < 1.29 is 22.7 Å². The van der Waals surface area contributed by atoms with Crippen molar-refractivity contribution >= 4 is 45.0 Å². The second-order valence-corrected chi connectivity index (χ2v) is 5.46. The number of halogens is 4. The Morgan fingerprint density at radius 2 is 2.18 bits per heavy atom. The average Bonchev–Trinajstić information content (AvgIpc) is 2.66. The first kappa shape index (κ1) is 18.5. The van der Waals surface area contributed by atoms with Crippen LogP contribution in [0.15, 0.2) is 18.2 Å². The molecule has 0 spiro atoms. The maximum Gasteiger partial charge on any atom is 0.573 e. The smallest absolute Gasteiger partial charge is 0.406 e. The lowest BCUT2D eigenvalue weighted by Gasteiger charge is -2.07. The van der Waals surface area contributed by atoms with Gasteiger partial charge >= 0.3 is 6.36 Å². The summed E-state index contributed by atoms with van der Waals surface area (Å²) in [5, 5.41) is 2.86. The van der Waals surface area contributed by atoms with Crippen LogP contribution in [0.4, 0.5) is 18.3 Å². The highest BCUT2D eigenvalue weighted by Gasteiger charge is 2.31. The molecule has 1 amide bonds. The lowest BCUT2D eigenvalue weighted by molar-refractivity contribution is -0.274. The van der Waals surface area contributed by atoms with Crippen LogP contribution in [0.3, 0.4) is 0 Å². The van der Waals surface area contributed by atoms with E-state index >= 15 is 0 Å². The minimum absolute atomic E-state index is 0. The van der Waals surface area contributed by atoms with Crippen LogP contribution in [0.25, 0.3) is 10.2 Å². The van der Waals surface area contributed by atoms with Crippen LogP contribution >= 0.6 is 23.7 Å². The number of benzene rings is 1. The Labute approximate surface area is 134 Å². The summed E-state index contributed by atoms with van der Waals surface area (Å²) in [7, 11) is 0. The van der Waals surface area contributed by atoms with Crippen molar-refractivity contribution in [3.05, 3.63) is 18.2 Å². The number of nitrogens with two attached hydrogens (primary N) is 1. The van der Waals surface area contributed by atoms with Gasteiger partial charge in [-0.05, 0) is 19.1 Å². The molecular formula is C12H13ClF3N3O2S. The fourth-order valence-corrected chi connectivity index (χ4v) is 2.53. The number of ether oxygens (including phenoxy) is 1. The van der Waals surface area contributed by atoms with Gasteiger partial charge in [0.05, 0.1) is 10.2 Å². The third-order valence-electron chi connectivity index (χ3n) is 2.35. The largest absolute Gasteiger partial charge is 0.573 e. The number of rotatable bonds is 4. The van der Waals surface area contributed by atoms with Crippen molar-refractivity contribution in [3.8, 4) is 5.75 Å². The fourth-order valence-electron chi connectivity index (χ4n) is 1.62. The molecule has 2 rings (SSSR count). The van der Waals surface area contributed by atoms with Gasteiger partial charge in [-0.3, -0.25) is 4.79 Å². The summed E-state index contributed by atoms with van der Waals surface area (Å²) in [6, 6.07) is 3.50. The summed E-state index contributed by atoms with van der Waals surface area (Å²) < 4.78 is 40.7. The number of alkyl halides is 3. The highest BCUT2D eigenvalue weighted by Crippen LogP contribution is 2.31. The number of aromatic nitrogens is 1. The van der Waals surface area contributed by atoms with E-state index in [4.69, 9.17) is 5.73 Å². The zero-order chi connectivity index (χ0) is 15.6. The van der Waals surface area contributed by atoms with Crippen LogP contribution in [0.5, 0.6) is 5.75 Å². The van der Waals surface area contributed by atoms with Crippen molar-refractivity contribution in [2.75, 3.05) is 5.32 Å². The molecule has 5 nitrogen and oxygen atoms in total. The van der Waals surface area contributed by atoms with E-state index in [-0.39, 0.29) is 36.5 Å². The second-order valence-electron chi connectivity index (χ2n) is 4.43. The molecule has 1 unspecified atom stereocenters. The Hall–Kier alpha value is -1.58. The highest BCUT2D eigenvalue weighted by molar-refractivity contribution is 7.22. The molecule has 0 aliphatic heterocycles. The molecule has 0 saturated heterocycles. The highest BCUT2D eigenvalue weighted by atomic mass is 35.5. The van der Waals surface area contributed by atoms with E-state index in [0.717, 1.165) is 11.3 Å². The van der Waals surface area contributed by atoms with Gasteiger partial charge in [0.25, 0.3) is 0 Å².